The van der Waals surface area contributed by atoms with Crippen LogP contribution in [-0.4, -0.2) is 80.8 Å². The zero-order valence-corrected chi connectivity index (χ0v) is 25.5. The van der Waals surface area contributed by atoms with Crippen molar-refractivity contribution in [1.29, 1.82) is 0 Å². The van der Waals surface area contributed by atoms with Gasteiger partial charge in [-0.3, -0.25) is 24.6 Å². The average molecular weight is 569 g/mol. The van der Waals surface area contributed by atoms with Gasteiger partial charge in [0.05, 0.1) is 18.1 Å². The molecule has 2 aliphatic heterocycles. The Morgan fingerprint density at radius 2 is 1.17 bits per heavy atom. The molecule has 0 aromatic carbocycles. The molecule has 2 saturated heterocycles. The van der Waals surface area contributed by atoms with E-state index in [0.717, 1.165) is 25.9 Å². The van der Waals surface area contributed by atoms with Crippen molar-refractivity contribution in [2.45, 2.75) is 97.1 Å². The second kappa shape index (κ2) is 15.4. The van der Waals surface area contributed by atoms with Gasteiger partial charge in [-0.05, 0) is 116 Å². The highest BCUT2D eigenvalue weighted by Crippen LogP contribution is 2.30. The summed E-state index contributed by atoms with van der Waals surface area (Å²) >= 11 is 0. The summed E-state index contributed by atoms with van der Waals surface area (Å²) in [6, 6.07) is 8.74. The van der Waals surface area contributed by atoms with Gasteiger partial charge in [0.2, 0.25) is 0 Å². The Hall–Kier alpha value is -2.88. The van der Waals surface area contributed by atoms with Gasteiger partial charge in [-0.25, -0.2) is 4.79 Å². The van der Waals surface area contributed by atoms with Gasteiger partial charge in [-0.1, -0.05) is 0 Å². The number of ether oxygens (including phenoxy) is 2. The molecule has 0 saturated carbocycles. The number of hydrogen-bond acceptors (Lipinski definition) is 9. The lowest BCUT2D eigenvalue weighted by Crippen LogP contribution is -2.51. The number of hydrogen-bond donors (Lipinski definition) is 1. The van der Waals surface area contributed by atoms with E-state index in [4.69, 9.17) is 9.47 Å². The van der Waals surface area contributed by atoms with Crippen molar-refractivity contribution in [3.05, 3.63) is 60.2 Å². The number of likely N-dealkylation sites (tertiary alicyclic amines) is 2. The molecule has 2 aromatic rings. The summed E-state index contributed by atoms with van der Waals surface area (Å²) in [4.78, 5) is 36.7. The molecule has 2 aromatic heterocycles. The maximum Gasteiger partial charge on any atom is 0.338 e. The van der Waals surface area contributed by atoms with Crippen LogP contribution in [0.15, 0.2) is 49.1 Å². The summed E-state index contributed by atoms with van der Waals surface area (Å²) in [5.41, 5.74) is 1.14. The van der Waals surface area contributed by atoms with E-state index >= 15 is 0 Å². The fourth-order valence-electron chi connectivity index (χ4n) is 5.37. The van der Waals surface area contributed by atoms with Gasteiger partial charge in [-0.2, -0.15) is 0 Å². The van der Waals surface area contributed by atoms with Crippen LogP contribution in [0.2, 0.25) is 0 Å². The van der Waals surface area contributed by atoms with E-state index in [1.165, 1.54) is 11.1 Å². The quantitative estimate of drug-likeness (QED) is 0.453. The third kappa shape index (κ3) is 9.58. The largest absolute Gasteiger partial charge is 0.463 e. The Balaban J connectivity index is 0.000000226. The van der Waals surface area contributed by atoms with Crippen LogP contribution in [0.4, 0.5) is 0 Å². The van der Waals surface area contributed by atoms with E-state index in [0.29, 0.717) is 32.0 Å². The molecule has 0 bridgehead atoms. The van der Waals surface area contributed by atoms with E-state index in [9.17, 15) is 14.7 Å². The summed E-state index contributed by atoms with van der Waals surface area (Å²) in [7, 11) is 0. The summed E-state index contributed by atoms with van der Waals surface area (Å²) in [5, 5.41) is 10.4. The fraction of sp³-hybridized carbons (Fsp3) is 0.625. The van der Waals surface area contributed by atoms with Crippen LogP contribution in [0.3, 0.4) is 0 Å². The number of pyridine rings is 2. The monoisotopic (exact) mass is 568 g/mol. The van der Waals surface area contributed by atoms with Gasteiger partial charge in [0.25, 0.3) is 0 Å². The Labute approximate surface area is 245 Å². The Morgan fingerprint density at radius 3 is 1.59 bits per heavy atom. The van der Waals surface area contributed by atoms with E-state index < -0.39 is 11.6 Å². The second-order valence-corrected chi connectivity index (χ2v) is 11.7. The molecule has 2 unspecified atom stereocenters. The molecule has 4 rings (SSSR count). The SMILES string of the molecule is CC(C)OC(=O)C1(O)CCN(C(C)c2ccncc2)CC1.CC(C)OC(=O)C1CCN(C(C)c2ccncc2)CC1. The minimum atomic E-state index is -1.33. The number of aromatic nitrogens is 2. The Morgan fingerprint density at radius 1 is 0.756 bits per heavy atom. The highest BCUT2D eigenvalue weighted by Gasteiger charge is 2.42. The lowest BCUT2D eigenvalue weighted by atomic mass is 9.90. The number of carbonyl (C=O) groups is 2. The van der Waals surface area contributed by atoms with Crippen LogP contribution in [0.25, 0.3) is 0 Å². The molecule has 0 amide bonds. The molecule has 0 aliphatic carbocycles. The lowest BCUT2D eigenvalue weighted by molar-refractivity contribution is -0.175. The first-order valence-electron chi connectivity index (χ1n) is 14.9. The summed E-state index contributed by atoms with van der Waals surface area (Å²) in [5.74, 6) is -0.455. The molecule has 2 fully saturated rings. The smallest absolute Gasteiger partial charge is 0.338 e. The number of nitrogens with zero attached hydrogens (tertiary/aromatic N) is 4. The van der Waals surface area contributed by atoms with Crippen molar-refractivity contribution in [2.75, 3.05) is 26.2 Å². The third-order valence-electron chi connectivity index (χ3n) is 8.04. The van der Waals surface area contributed by atoms with Gasteiger partial charge >= 0.3 is 11.9 Å². The zero-order chi connectivity index (χ0) is 30.0. The molecule has 0 radical (unpaired) electrons. The van der Waals surface area contributed by atoms with Gasteiger partial charge in [0.15, 0.2) is 5.60 Å². The number of piperidine rings is 2. The molecule has 4 heterocycles. The number of esters is 2. The van der Waals surface area contributed by atoms with Crippen LogP contribution in [-0.2, 0) is 19.1 Å². The van der Waals surface area contributed by atoms with E-state index in [1.54, 1.807) is 26.2 Å². The molecular weight excluding hydrogens is 520 g/mol. The van der Waals surface area contributed by atoms with E-state index in [1.807, 2.05) is 38.4 Å². The highest BCUT2D eigenvalue weighted by atomic mass is 16.6. The maximum atomic E-state index is 12.0. The van der Waals surface area contributed by atoms with Crippen molar-refractivity contribution in [3.8, 4) is 0 Å². The predicted octanol–water partition coefficient (Wildman–Crippen LogP) is 4.73. The number of carbonyl (C=O) groups excluding carboxylic acids is 2. The molecule has 2 aliphatic rings. The minimum absolute atomic E-state index is 0.0173. The van der Waals surface area contributed by atoms with Crippen LogP contribution >= 0.6 is 0 Å². The summed E-state index contributed by atoms with van der Waals surface area (Å²) in [6.45, 7) is 15.0. The minimum Gasteiger partial charge on any atom is -0.463 e. The zero-order valence-electron chi connectivity index (χ0n) is 25.5. The van der Waals surface area contributed by atoms with Gasteiger partial charge in [0.1, 0.15) is 0 Å². The topological polar surface area (TPSA) is 105 Å². The highest BCUT2D eigenvalue weighted by molar-refractivity contribution is 5.79. The molecule has 41 heavy (non-hydrogen) atoms. The van der Waals surface area contributed by atoms with Crippen molar-refractivity contribution >= 4 is 11.9 Å². The number of rotatable bonds is 8. The van der Waals surface area contributed by atoms with Crippen LogP contribution in [0.5, 0.6) is 0 Å². The first-order chi connectivity index (χ1) is 19.5. The van der Waals surface area contributed by atoms with Crippen molar-refractivity contribution in [2.24, 2.45) is 5.92 Å². The molecule has 9 nitrogen and oxygen atoms in total. The normalized spacial score (nSPS) is 19.6. The molecule has 1 N–H and O–H groups in total. The lowest BCUT2D eigenvalue weighted by Gasteiger charge is -2.39. The summed E-state index contributed by atoms with van der Waals surface area (Å²) < 4.78 is 10.5. The fourth-order valence-corrected chi connectivity index (χ4v) is 5.37. The number of aliphatic hydroxyl groups is 1. The van der Waals surface area contributed by atoms with Crippen molar-refractivity contribution < 1.29 is 24.2 Å². The van der Waals surface area contributed by atoms with Crippen LogP contribution < -0.4 is 0 Å². The average Bonchev–Trinajstić information content (AvgIpc) is 2.97. The van der Waals surface area contributed by atoms with Crippen molar-refractivity contribution in [3.63, 3.8) is 0 Å². The molecule has 2 atom stereocenters. The molecular formula is C32H48N4O5. The van der Waals surface area contributed by atoms with Crippen molar-refractivity contribution in [1.82, 2.24) is 19.8 Å². The van der Waals surface area contributed by atoms with Crippen LogP contribution in [0.1, 0.15) is 90.4 Å². The Bertz CT molecular complexity index is 1070. The second-order valence-electron chi connectivity index (χ2n) is 11.7. The van der Waals surface area contributed by atoms with Gasteiger partial charge in [-0.15, -0.1) is 0 Å². The third-order valence-corrected chi connectivity index (χ3v) is 8.04. The van der Waals surface area contributed by atoms with Crippen LogP contribution in [0, 0.1) is 5.92 Å². The van der Waals surface area contributed by atoms with Gasteiger partial charge in [0, 0.05) is 50.0 Å². The van der Waals surface area contributed by atoms with E-state index in [2.05, 4.69) is 45.7 Å². The first kappa shape index (κ1) is 32.6. The molecule has 9 heteroatoms. The van der Waals surface area contributed by atoms with E-state index in [-0.39, 0.29) is 30.1 Å². The molecule has 0 spiro atoms. The Kier molecular flexibility index (Phi) is 12.2. The standard InChI is InChI=1S/C16H24N2O3.C16H24N2O2/c1-12(2)21-15(19)16(20)6-10-18(11-7-16)13(3)14-4-8-17-9-5-14;1-12(2)20-16(19)15-6-10-18(11-7-15)13(3)14-4-8-17-9-5-14/h4-5,8-9,12-13,20H,6-7,10-11H2,1-3H3;4-5,8-9,12-13,15H,6-7,10-11H2,1-3H3. The summed E-state index contributed by atoms with van der Waals surface area (Å²) in [6.07, 6.45) is 9.62. The van der Waals surface area contributed by atoms with Gasteiger partial charge < -0.3 is 14.6 Å². The molecule has 226 valence electrons. The first-order valence-corrected chi connectivity index (χ1v) is 14.9. The maximum absolute atomic E-state index is 12.0. The predicted molar refractivity (Wildman–Crippen MR) is 158 cm³/mol.